The third-order valence-corrected chi connectivity index (χ3v) is 6.97. The average molecular weight is 484 g/mol. The van der Waals surface area contributed by atoms with Crippen LogP contribution in [-0.4, -0.2) is 65.9 Å². The van der Waals surface area contributed by atoms with Crippen molar-refractivity contribution in [2.75, 3.05) is 38.5 Å². The number of pyridine rings is 1. The van der Waals surface area contributed by atoms with Crippen LogP contribution in [-0.2, 0) is 6.54 Å². The van der Waals surface area contributed by atoms with E-state index in [0.29, 0.717) is 17.2 Å². The van der Waals surface area contributed by atoms with Crippen LogP contribution in [0.4, 0.5) is 5.69 Å². The van der Waals surface area contributed by atoms with Crippen molar-refractivity contribution in [3.05, 3.63) is 83.0 Å². The van der Waals surface area contributed by atoms with E-state index in [1.54, 1.807) is 12.3 Å². The van der Waals surface area contributed by atoms with Crippen LogP contribution in [0.25, 0.3) is 11.3 Å². The second-order valence-electron chi connectivity index (χ2n) is 9.90. The maximum atomic E-state index is 13.0. The Balaban J connectivity index is 1.28. The third-order valence-electron chi connectivity index (χ3n) is 6.97. The monoisotopic (exact) mass is 483 g/mol. The minimum Gasteiger partial charge on any atom is -0.349 e. The van der Waals surface area contributed by atoms with Gasteiger partial charge in [0.25, 0.3) is 11.8 Å². The van der Waals surface area contributed by atoms with Gasteiger partial charge in [0.2, 0.25) is 0 Å². The molecule has 2 aliphatic rings. The van der Waals surface area contributed by atoms with Crippen LogP contribution >= 0.6 is 0 Å². The molecular weight excluding hydrogens is 450 g/mol. The first-order valence-corrected chi connectivity index (χ1v) is 12.6. The number of piperazine rings is 1. The number of nitrogens with zero attached hydrogens (tertiary/aromatic N) is 3. The lowest BCUT2D eigenvalue weighted by Crippen LogP contribution is -2.43. The molecule has 2 N–H and O–H groups in total. The number of carbonyl (C=O) groups excluding carboxylic acids is 2. The van der Waals surface area contributed by atoms with Gasteiger partial charge in [0.05, 0.1) is 11.3 Å². The molecule has 0 atom stereocenters. The minimum absolute atomic E-state index is 0.0509. The normalized spacial score (nSPS) is 16.5. The van der Waals surface area contributed by atoms with Crippen molar-refractivity contribution < 1.29 is 9.59 Å². The van der Waals surface area contributed by atoms with Gasteiger partial charge in [-0.2, -0.15) is 0 Å². The number of hydrogen-bond donors (Lipinski definition) is 2. The molecule has 1 aromatic heterocycles. The van der Waals surface area contributed by atoms with Gasteiger partial charge < -0.3 is 15.5 Å². The van der Waals surface area contributed by atoms with E-state index in [1.165, 1.54) is 0 Å². The van der Waals surface area contributed by atoms with Gasteiger partial charge in [0.15, 0.2) is 0 Å². The molecule has 1 aliphatic carbocycles. The molecule has 36 heavy (non-hydrogen) atoms. The second-order valence-corrected chi connectivity index (χ2v) is 9.90. The molecule has 7 nitrogen and oxygen atoms in total. The molecule has 1 saturated heterocycles. The first-order chi connectivity index (χ1) is 17.5. The zero-order chi connectivity index (χ0) is 25.1. The molecule has 5 rings (SSSR count). The Bertz CT molecular complexity index is 1240. The number of aromatic nitrogens is 1. The van der Waals surface area contributed by atoms with Gasteiger partial charge in [0.1, 0.15) is 0 Å². The number of hydrogen-bond acceptors (Lipinski definition) is 5. The number of benzene rings is 2. The van der Waals surface area contributed by atoms with Crippen LogP contribution in [0.15, 0.2) is 60.8 Å². The van der Waals surface area contributed by atoms with Crippen molar-refractivity contribution in [3.8, 4) is 11.3 Å². The van der Waals surface area contributed by atoms with Gasteiger partial charge in [0, 0.05) is 61.8 Å². The van der Waals surface area contributed by atoms with Gasteiger partial charge >= 0.3 is 0 Å². The fraction of sp³-hybridized carbons (Fsp3) is 0.345. The van der Waals surface area contributed by atoms with Gasteiger partial charge in [-0.25, -0.2) is 0 Å². The molecule has 3 aromatic rings. The van der Waals surface area contributed by atoms with E-state index < -0.39 is 0 Å². The molecule has 7 heteroatoms. The van der Waals surface area contributed by atoms with Gasteiger partial charge in [-0.05, 0) is 68.3 Å². The molecule has 1 aliphatic heterocycles. The molecule has 0 radical (unpaired) electrons. The van der Waals surface area contributed by atoms with Gasteiger partial charge in [-0.15, -0.1) is 0 Å². The van der Waals surface area contributed by atoms with E-state index in [-0.39, 0.29) is 11.8 Å². The summed E-state index contributed by atoms with van der Waals surface area (Å²) in [5.74, 6) is -0.237. The standard InChI is InChI=1S/C29H33N5O2/c1-20-7-8-21(28(35)31-24-10-11-24)17-25(20)27-12-9-22(18-30-27)29(36)32-26-6-4-3-5-23(26)19-34-15-13-33(2)14-16-34/h3-9,12,17-18,24H,10-11,13-16,19H2,1-2H3,(H,31,35)(H,32,36). The summed E-state index contributed by atoms with van der Waals surface area (Å²) in [5, 5.41) is 6.11. The van der Waals surface area contributed by atoms with Crippen LogP contribution < -0.4 is 10.6 Å². The highest BCUT2D eigenvalue weighted by Crippen LogP contribution is 2.25. The topological polar surface area (TPSA) is 77.6 Å². The third kappa shape index (κ3) is 5.80. The number of carbonyl (C=O) groups is 2. The predicted octanol–water partition coefficient (Wildman–Crippen LogP) is 3.95. The highest BCUT2D eigenvalue weighted by Gasteiger charge is 2.24. The quantitative estimate of drug-likeness (QED) is 0.532. The molecule has 0 bridgehead atoms. The lowest BCUT2D eigenvalue weighted by Gasteiger charge is -2.32. The molecule has 2 fully saturated rings. The van der Waals surface area contributed by atoms with Crippen LogP contribution in [0.5, 0.6) is 0 Å². The molecule has 1 saturated carbocycles. The molecule has 186 valence electrons. The fourth-order valence-corrected chi connectivity index (χ4v) is 4.44. The van der Waals surface area contributed by atoms with E-state index in [0.717, 1.165) is 73.6 Å². The fourth-order valence-electron chi connectivity index (χ4n) is 4.44. The Morgan fingerprint density at radius 1 is 0.944 bits per heavy atom. The number of nitrogens with one attached hydrogen (secondary N) is 2. The highest BCUT2D eigenvalue weighted by atomic mass is 16.2. The molecule has 0 spiro atoms. The van der Waals surface area contributed by atoms with Crippen LogP contribution in [0, 0.1) is 6.92 Å². The van der Waals surface area contributed by atoms with E-state index in [4.69, 9.17) is 0 Å². The van der Waals surface area contributed by atoms with Crippen LogP contribution in [0.3, 0.4) is 0 Å². The second kappa shape index (κ2) is 10.6. The Labute approximate surface area is 212 Å². The molecule has 2 heterocycles. The van der Waals surface area contributed by atoms with Crippen LogP contribution in [0.2, 0.25) is 0 Å². The number of anilines is 1. The predicted molar refractivity (Wildman–Crippen MR) is 142 cm³/mol. The Hall–Kier alpha value is -3.55. The maximum Gasteiger partial charge on any atom is 0.257 e. The van der Waals surface area contributed by atoms with Crippen molar-refractivity contribution >= 4 is 17.5 Å². The number of likely N-dealkylation sites (N-methyl/N-ethyl adjacent to an activating group) is 1. The highest BCUT2D eigenvalue weighted by molar-refractivity contribution is 6.04. The summed E-state index contributed by atoms with van der Waals surface area (Å²) in [7, 11) is 2.15. The summed E-state index contributed by atoms with van der Waals surface area (Å²) in [6.07, 6.45) is 3.70. The number of amides is 2. The van der Waals surface area contributed by atoms with Gasteiger partial charge in [-0.3, -0.25) is 19.5 Å². The summed E-state index contributed by atoms with van der Waals surface area (Å²) in [6.45, 7) is 6.96. The first-order valence-electron chi connectivity index (χ1n) is 12.6. The lowest BCUT2D eigenvalue weighted by molar-refractivity contribution is 0.0950. The minimum atomic E-state index is -0.186. The molecule has 2 amide bonds. The largest absolute Gasteiger partial charge is 0.349 e. The zero-order valence-corrected chi connectivity index (χ0v) is 21.0. The summed E-state index contributed by atoms with van der Waals surface area (Å²) < 4.78 is 0. The number of aryl methyl sites for hydroxylation is 1. The van der Waals surface area contributed by atoms with E-state index in [1.807, 2.05) is 49.4 Å². The summed E-state index contributed by atoms with van der Waals surface area (Å²) in [6, 6.07) is 17.6. The lowest BCUT2D eigenvalue weighted by atomic mass is 10.0. The number of para-hydroxylation sites is 1. The van der Waals surface area contributed by atoms with Crippen molar-refractivity contribution in [2.45, 2.75) is 32.4 Å². The van der Waals surface area contributed by atoms with E-state index >= 15 is 0 Å². The summed E-state index contributed by atoms with van der Waals surface area (Å²) >= 11 is 0. The summed E-state index contributed by atoms with van der Waals surface area (Å²) in [5.41, 5.74) is 5.72. The maximum absolute atomic E-state index is 13.0. The summed E-state index contributed by atoms with van der Waals surface area (Å²) in [4.78, 5) is 34.8. The Morgan fingerprint density at radius 2 is 1.69 bits per heavy atom. The van der Waals surface area contributed by atoms with Crippen molar-refractivity contribution in [1.29, 1.82) is 0 Å². The number of rotatable bonds is 7. The molecule has 0 unspecified atom stereocenters. The van der Waals surface area contributed by atoms with Crippen molar-refractivity contribution in [3.63, 3.8) is 0 Å². The average Bonchev–Trinajstić information content (AvgIpc) is 3.71. The SMILES string of the molecule is Cc1ccc(C(=O)NC2CC2)cc1-c1ccc(C(=O)Nc2ccccc2CN2CCN(C)CC2)cn1. The van der Waals surface area contributed by atoms with Crippen LogP contribution in [0.1, 0.15) is 44.7 Å². The first kappa shape index (κ1) is 24.2. The van der Waals surface area contributed by atoms with Crippen molar-refractivity contribution in [1.82, 2.24) is 20.1 Å². The Kier molecular flexibility index (Phi) is 7.11. The van der Waals surface area contributed by atoms with E-state index in [2.05, 4.69) is 38.5 Å². The molecular formula is C29H33N5O2. The smallest absolute Gasteiger partial charge is 0.257 e. The van der Waals surface area contributed by atoms with E-state index in [9.17, 15) is 9.59 Å². The van der Waals surface area contributed by atoms with Gasteiger partial charge in [-0.1, -0.05) is 24.3 Å². The van der Waals surface area contributed by atoms with Crippen molar-refractivity contribution in [2.24, 2.45) is 0 Å². The molecule has 2 aromatic carbocycles. The Morgan fingerprint density at radius 3 is 2.42 bits per heavy atom. The zero-order valence-electron chi connectivity index (χ0n) is 21.0.